The van der Waals surface area contributed by atoms with Gasteiger partial charge < -0.3 is 16.0 Å². The van der Waals surface area contributed by atoms with Gasteiger partial charge in [-0.15, -0.1) is 4.33 Å². The molecule has 21 nitrogen and oxygen atoms in total. The van der Waals surface area contributed by atoms with Gasteiger partial charge in [0.25, 0.3) is 0 Å². The zero-order valence-corrected chi connectivity index (χ0v) is 28.5. The predicted octanol–water partition coefficient (Wildman–Crippen LogP) is 0.827. The highest BCUT2D eigenvalue weighted by Gasteiger charge is 2.18. The maximum atomic E-state index is 13.2. The van der Waals surface area contributed by atoms with E-state index in [1.807, 2.05) is 0 Å². The molecule has 1 aromatic heterocycles. The van der Waals surface area contributed by atoms with Gasteiger partial charge in [0.05, 0.1) is 0 Å². The highest BCUT2D eigenvalue weighted by Crippen LogP contribution is 2.05. The van der Waals surface area contributed by atoms with Gasteiger partial charge in [0, 0.05) is 39.3 Å². The first-order valence-corrected chi connectivity index (χ1v) is 18.6. The van der Waals surface area contributed by atoms with Gasteiger partial charge in [-0.3, -0.25) is 23.5 Å². The van der Waals surface area contributed by atoms with Crippen LogP contribution in [-0.4, -0.2) is 80.3 Å². The maximum absolute atomic E-state index is 13.2. The van der Waals surface area contributed by atoms with Crippen molar-refractivity contribution in [3.63, 3.8) is 0 Å². The lowest BCUT2D eigenvalue weighted by molar-refractivity contribution is -0.431. The molecule has 0 bridgehead atoms. The Morgan fingerprint density at radius 2 is 0.875 bits per heavy atom. The van der Waals surface area contributed by atoms with Crippen LogP contribution in [0.15, 0.2) is 14.4 Å². The first-order chi connectivity index (χ1) is 22.6. The van der Waals surface area contributed by atoms with Crippen molar-refractivity contribution < 1.29 is 55.0 Å². The van der Waals surface area contributed by atoms with Crippen LogP contribution >= 0.6 is 12.0 Å². The lowest BCUT2D eigenvalue weighted by Crippen LogP contribution is -2.54. The SMILES string of the molecule is O=C(NCCCCCCn1c(=O)n(CCCCCCNC(=O)S(=O)(=O)O)c(=O)n(CCCCCCNC(=O)S(=O)(=O)O)c1=O)SOOO. The molecule has 0 aliphatic rings. The average Bonchev–Trinajstić information content (AvgIpc) is 3.01. The summed E-state index contributed by atoms with van der Waals surface area (Å²) < 4.78 is 67.2. The van der Waals surface area contributed by atoms with Gasteiger partial charge in [-0.05, 0) is 38.5 Å². The normalized spacial score (nSPS) is 11.7. The number of aromatic nitrogens is 3. The summed E-state index contributed by atoms with van der Waals surface area (Å²) in [5.74, 6) is 0. The fourth-order valence-electron chi connectivity index (χ4n) is 4.33. The Bertz CT molecular complexity index is 1490. The van der Waals surface area contributed by atoms with Crippen molar-refractivity contribution in [3.8, 4) is 0 Å². The molecule has 0 unspecified atom stereocenters. The second-order valence-corrected chi connectivity index (χ2v) is 13.7. The molecule has 0 aromatic carbocycles. The smallest absolute Gasteiger partial charge is 0.345 e. The average molecular weight is 751 g/mol. The molecule has 0 fully saturated rings. The molecule has 0 saturated heterocycles. The van der Waals surface area contributed by atoms with Gasteiger partial charge in [-0.1, -0.05) is 43.6 Å². The number of unbranched alkanes of at least 4 members (excludes halogenated alkanes) is 9. The van der Waals surface area contributed by atoms with Crippen LogP contribution in [0, 0.1) is 0 Å². The minimum absolute atomic E-state index is 0.00840. The van der Waals surface area contributed by atoms with Crippen molar-refractivity contribution in [2.24, 2.45) is 0 Å². The topological polar surface area (TPSA) is 301 Å². The zero-order valence-electron chi connectivity index (χ0n) is 26.0. The summed E-state index contributed by atoms with van der Waals surface area (Å²) in [6, 6.07) is 0. The summed E-state index contributed by atoms with van der Waals surface area (Å²) in [5.41, 5.74) is -2.33. The molecule has 0 atom stereocenters. The Hall–Kier alpha value is -3.13. The zero-order chi connectivity index (χ0) is 36.2. The van der Waals surface area contributed by atoms with E-state index in [0.717, 1.165) is 13.7 Å². The van der Waals surface area contributed by atoms with Crippen LogP contribution in [0.5, 0.6) is 0 Å². The van der Waals surface area contributed by atoms with E-state index in [9.17, 15) is 45.6 Å². The Morgan fingerprint density at radius 3 is 1.19 bits per heavy atom. The van der Waals surface area contributed by atoms with Gasteiger partial charge in [0.15, 0.2) is 0 Å². The number of carbonyl (C=O) groups is 3. The fraction of sp³-hybridized carbons (Fsp3) is 0.750. The summed E-state index contributed by atoms with van der Waals surface area (Å²) in [5, 5.41) is 14.4. The van der Waals surface area contributed by atoms with Crippen LogP contribution in [-0.2, 0) is 49.2 Å². The Kier molecular flexibility index (Phi) is 20.1. The summed E-state index contributed by atoms with van der Waals surface area (Å²) in [6.45, 7) is 0.293. The van der Waals surface area contributed by atoms with Gasteiger partial charge in [0.1, 0.15) is 12.0 Å². The molecule has 48 heavy (non-hydrogen) atoms. The van der Waals surface area contributed by atoms with Gasteiger partial charge >= 0.3 is 53.0 Å². The van der Waals surface area contributed by atoms with Crippen LogP contribution in [0.1, 0.15) is 77.0 Å². The Labute approximate surface area is 279 Å². The van der Waals surface area contributed by atoms with Crippen molar-refractivity contribution in [1.29, 1.82) is 0 Å². The summed E-state index contributed by atoms with van der Waals surface area (Å²) >= 11 is 0.261. The van der Waals surface area contributed by atoms with E-state index in [-0.39, 0.29) is 44.8 Å². The van der Waals surface area contributed by atoms with E-state index in [0.29, 0.717) is 83.6 Å². The number of amides is 3. The highest BCUT2D eigenvalue weighted by molar-refractivity contribution is 8.09. The molecule has 0 saturated carbocycles. The molecule has 0 radical (unpaired) electrons. The van der Waals surface area contributed by atoms with Crippen LogP contribution in [0.3, 0.4) is 0 Å². The summed E-state index contributed by atoms with van der Waals surface area (Å²) in [6.07, 6.45) is 5.66. The largest absolute Gasteiger partial charge is 0.363 e. The molecule has 276 valence electrons. The van der Waals surface area contributed by atoms with Crippen LogP contribution in [0.2, 0.25) is 0 Å². The first-order valence-electron chi connectivity index (χ1n) is 15.0. The lowest BCUT2D eigenvalue weighted by atomic mass is 10.2. The molecule has 3 amide bonds. The molecule has 0 spiro atoms. The van der Waals surface area contributed by atoms with Gasteiger partial charge in [0.2, 0.25) is 0 Å². The highest BCUT2D eigenvalue weighted by atomic mass is 32.2. The number of nitrogens with one attached hydrogen (secondary N) is 3. The maximum Gasteiger partial charge on any atom is 0.363 e. The third kappa shape index (κ3) is 16.8. The van der Waals surface area contributed by atoms with Crippen LogP contribution in [0.25, 0.3) is 0 Å². The van der Waals surface area contributed by atoms with Crippen molar-refractivity contribution in [2.45, 2.75) is 96.7 Å². The summed E-state index contributed by atoms with van der Waals surface area (Å²) in [7, 11) is -9.65. The molecule has 1 heterocycles. The molecule has 1 aromatic rings. The standard InChI is InChI=1S/C24H42N6O15S3/c31-19(46-45-44-37)25-13-7-1-4-10-16-28-22(34)29(17-11-5-2-8-14-26-20(32)47(38,39)40)24(36)30(23(28)35)18-12-6-3-9-15-27-21(33)48(41,42)43/h37H,1-18H2,(H,25,31)(H,26,32)(H,27,33)(H,38,39,40)(H,41,42,43). The second-order valence-electron chi connectivity index (χ2n) is 10.4. The van der Waals surface area contributed by atoms with E-state index in [1.54, 1.807) is 0 Å². The lowest BCUT2D eigenvalue weighted by Gasteiger charge is -2.14. The van der Waals surface area contributed by atoms with E-state index in [2.05, 4.69) is 25.3 Å². The monoisotopic (exact) mass is 750 g/mol. The predicted molar refractivity (Wildman–Crippen MR) is 170 cm³/mol. The molecule has 1 rings (SSSR count). The number of hydrogen-bond acceptors (Lipinski definition) is 14. The van der Waals surface area contributed by atoms with Gasteiger partial charge in [-0.25, -0.2) is 33.3 Å². The minimum Gasteiger partial charge on any atom is -0.345 e. The Morgan fingerprint density at radius 1 is 0.562 bits per heavy atom. The Balaban J connectivity index is 2.80. The third-order valence-corrected chi connectivity index (χ3v) is 8.38. The fourth-order valence-corrected chi connectivity index (χ4v) is 5.15. The van der Waals surface area contributed by atoms with Crippen molar-refractivity contribution in [2.75, 3.05) is 19.6 Å². The van der Waals surface area contributed by atoms with Crippen molar-refractivity contribution >= 4 is 48.0 Å². The molecule has 0 aliphatic carbocycles. The van der Waals surface area contributed by atoms with Crippen LogP contribution < -0.4 is 33.0 Å². The minimum atomic E-state index is -4.82. The van der Waals surface area contributed by atoms with E-state index >= 15 is 0 Å². The molecule has 24 heteroatoms. The van der Waals surface area contributed by atoms with E-state index in [4.69, 9.17) is 14.4 Å². The molecular formula is C24H42N6O15S3. The number of hydrogen-bond donors (Lipinski definition) is 6. The first kappa shape index (κ1) is 42.9. The number of carbonyl (C=O) groups excluding carboxylic acids is 3. The second kappa shape index (κ2) is 22.5. The van der Waals surface area contributed by atoms with E-state index in [1.165, 1.54) is 0 Å². The number of rotatable bonds is 23. The molecule has 0 aliphatic heterocycles. The third-order valence-electron chi connectivity index (χ3n) is 6.73. The van der Waals surface area contributed by atoms with E-state index < -0.39 is 53.0 Å². The quantitative estimate of drug-likeness (QED) is 0.0297. The molecule has 6 N–H and O–H groups in total. The van der Waals surface area contributed by atoms with Crippen LogP contribution in [0.4, 0.5) is 14.4 Å². The van der Waals surface area contributed by atoms with Gasteiger partial charge in [-0.2, -0.15) is 16.8 Å². The van der Waals surface area contributed by atoms with Crippen molar-refractivity contribution in [1.82, 2.24) is 29.7 Å². The van der Waals surface area contributed by atoms with Crippen molar-refractivity contribution in [3.05, 3.63) is 31.5 Å². The molecular weight excluding hydrogens is 708 g/mol. The summed E-state index contributed by atoms with van der Waals surface area (Å²) in [4.78, 5) is 73.3. The number of nitrogens with zero attached hydrogens (tertiary/aromatic N) is 3.